The normalized spacial score (nSPS) is 14.2. The Hall–Kier alpha value is -4.53. The molecule has 2 aromatic carbocycles. The predicted octanol–water partition coefficient (Wildman–Crippen LogP) is 2.55. The zero-order valence-corrected chi connectivity index (χ0v) is 20.6. The second-order valence-electron chi connectivity index (χ2n) is 9.52. The average molecular weight is 498 g/mol. The van der Waals surface area contributed by atoms with Gasteiger partial charge in [-0.25, -0.2) is 4.98 Å². The maximum absolute atomic E-state index is 13.3. The fraction of sp³-hybridized carbons (Fsp3) is 0.250. The molecule has 37 heavy (non-hydrogen) atoms. The molecule has 1 aliphatic heterocycles. The van der Waals surface area contributed by atoms with Crippen LogP contribution in [-0.4, -0.2) is 52.8 Å². The van der Waals surface area contributed by atoms with Crippen molar-refractivity contribution in [3.63, 3.8) is 0 Å². The van der Waals surface area contributed by atoms with Crippen molar-refractivity contribution in [2.75, 3.05) is 25.0 Å². The van der Waals surface area contributed by atoms with E-state index in [0.717, 1.165) is 52.6 Å². The highest BCUT2D eigenvalue weighted by atomic mass is 16.2. The summed E-state index contributed by atoms with van der Waals surface area (Å²) in [7, 11) is 1.67. The standard InChI is InChI=1S/C28H27N5O4/c1-17(27(36)31(3)14-19-7-8-19)30-26(35)18(2)33-15-29-25-22(5-4-6-23(25)28(33)37)20-9-10-24-21(13-20)11-12-32(24)16-34/h4-6,9-10,13,15-16,19H,1-2,7-8,11-12,14H2,3H3,(H,30,35). The third kappa shape index (κ3) is 4.55. The van der Waals surface area contributed by atoms with Gasteiger partial charge in [-0.05, 0) is 54.5 Å². The van der Waals surface area contributed by atoms with Crippen LogP contribution in [0, 0.1) is 5.92 Å². The van der Waals surface area contributed by atoms with Gasteiger partial charge in [0.1, 0.15) is 12.0 Å². The fourth-order valence-electron chi connectivity index (χ4n) is 4.66. The maximum atomic E-state index is 13.3. The number of rotatable bonds is 8. The first-order valence-corrected chi connectivity index (χ1v) is 12.1. The quantitative estimate of drug-likeness (QED) is 0.381. The topological polar surface area (TPSA) is 105 Å². The molecule has 0 bridgehead atoms. The number of amides is 3. The number of nitrogens with zero attached hydrogens (tertiary/aromatic N) is 4. The van der Waals surface area contributed by atoms with Crippen molar-refractivity contribution in [1.82, 2.24) is 19.8 Å². The Morgan fingerprint density at radius 3 is 2.73 bits per heavy atom. The lowest BCUT2D eigenvalue weighted by Gasteiger charge is -2.19. The van der Waals surface area contributed by atoms with Gasteiger partial charge in [0.15, 0.2) is 0 Å². The number of nitrogens with one attached hydrogen (secondary N) is 1. The van der Waals surface area contributed by atoms with Crippen molar-refractivity contribution in [3.8, 4) is 11.1 Å². The second-order valence-corrected chi connectivity index (χ2v) is 9.52. The van der Waals surface area contributed by atoms with Crippen molar-refractivity contribution < 1.29 is 14.4 Å². The lowest BCUT2D eigenvalue weighted by Crippen LogP contribution is -2.38. The summed E-state index contributed by atoms with van der Waals surface area (Å²) in [5, 5.41) is 2.78. The smallest absolute Gasteiger partial charge is 0.272 e. The lowest BCUT2D eigenvalue weighted by molar-refractivity contribution is -0.128. The Labute approximate surface area is 213 Å². The molecule has 0 atom stereocenters. The summed E-state index contributed by atoms with van der Waals surface area (Å²) >= 11 is 0. The van der Waals surface area contributed by atoms with Gasteiger partial charge in [0.2, 0.25) is 6.41 Å². The molecule has 5 rings (SSSR count). The van der Waals surface area contributed by atoms with Gasteiger partial charge in [0.25, 0.3) is 17.4 Å². The molecule has 1 aromatic heterocycles. The molecule has 2 heterocycles. The van der Waals surface area contributed by atoms with E-state index in [0.29, 0.717) is 29.9 Å². The van der Waals surface area contributed by atoms with Gasteiger partial charge < -0.3 is 15.1 Å². The molecule has 188 valence electrons. The number of likely N-dealkylation sites (N-methyl/N-ethyl adjacent to an activating group) is 1. The van der Waals surface area contributed by atoms with Gasteiger partial charge >= 0.3 is 0 Å². The summed E-state index contributed by atoms with van der Waals surface area (Å²) in [6.07, 6.45) is 5.04. The van der Waals surface area contributed by atoms with E-state index in [1.165, 1.54) is 11.2 Å². The van der Waals surface area contributed by atoms with Crippen LogP contribution in [0.25, 0.3) is 27.7 Å². The molecule has 9 nitrogen and oxygen atoms in total. The van der Waals surface area contributed by atoms with Crippen molar-refractivity contribution >= 4 is 40.5 Å². The molecule has 3 amide bonds. The summed E-state index contributed by atoms with van der Waals surface area (Å²) < 4.78 is 1.07. The van der Waals surface area contributed by atoms with Crippen molar-refractivity contribution in [2.45, 2.75) is 19.3 Å². The monoisotopic (exact) mass is 497 g/mol. The minimum Gasteiger partial charge on any atom is -0.340 e. The maximum Gasteiger partial charge on any atom is 0.272 e. The summed E-state index contributed by atoms with van der Waals surface area (Å²) in [5.74, 6) is -0.592. The van der Waals surface area contributed by atoms with Crippen molar-refractivity contribution in [3.05, 3.63) is 77.5 Å². The first kappa shape index (κ1) is 24.2. The summed E-state index contributed by atoms with van der Waals surface area (Å²) in [5.41, 5.74) is 3.36. The minimum atomic E-state index is -0.712. The summed E-state index contributed by atoms with van der Waals surface area (Å²) in [4.78, 5) is 57.6. The number of carbonyl (C=O) groups is 3. The van der Waals surface area contributed by atoms with Crippen LogP contribution in [0.2, 0.25) is 0 Å². The Kier molecular flexibility index (Phi) is 6.20. The van der Waals surface area contributed by atoms with Crippen LogP contribution in [0.15, 0.2) is 66.4 Å². The number of anilines is 1. The zero-order chi connectivity index (χ0) is 26.3. The Bertz CT molecular complexity index is 1540. The summed E-state index contributed by atoms with van der Waals surface area (Å²) in [6, 6.07) is 11.1. The van der Waals surface area contributed by atoms with Gasteiger partial charge in [-0.3, -0.25) is 23.7 Å². The molecule has 0 spiro atoms. The largest absolute Gasteiger partial charge is 0.340 e. The number of fused-ring (bicyclic) bond motifs is 2. The SMILES string of the molecule is C=C(NC(=O)C(=C)n1cnc2c(-c3ccc4c(c3)CCN4C=O)cccc2c1=O)C(=O)N(C)CC1CC1. The number of carbonyl (C=O) groups excluding carboxylic acids is 3. The van der Waals surface area contributed by atoms with Crippen LogP contribution in [0.5, 0.6) is 0 Å². The first-order valence-electron chi connectivity index (χ1n) is 12.1. The number of hydrogen-bond donors (Lipinski definition) is 1. The molecule has 1 aliphatic carbocycles. The van der Waals surface area contributed by atoms with Gasteiger partial charge in [-0.2, -0.15) is 0 Å². The summed E-state index contributed by atoms with van der Waals surface area (Å²) in [6.45, 7) is 8.69. The second kappa shape index (κ2) is 9.50. The van der Waals surface area contributed by atoms with Crippen LogP contribution < -0.4 is 15.8 Å². The van der Waals surface area contributed by atoms with E-state index < -0.39 is 11.5 Å². The molecule has 0 radical (unpaired) electrons. The first-order chi connectivity index (χ1) is 17.8. The molecule has 1 saturated carbocycles. The van der Waals surface area contributed by atoms with E-state index in [1.807, 2.05) is 24.3 Å². The molecule has 9 heteroatoms. The number of hydrogen-bond acceptors (Lipinski definition) is 5. The highest BCUT2D eigenvalue weighted by molar-refractivity contribution is 6.15. The number of para-hydroxylation sites is 1. The van der Waals surface area contributed by atoms with Crippen LogP contribution in [-0.2, 0) is 20.8 Å². The third-order valence-electron chi connectivity index (χ3n) is 6.89. The van der Waals surface area contributed by atoms with E-state index in [-0.39, 0.29) is 17.3 Å². The van der Waals surface area contributed by atoms with E-state index in [9.17, 15) is 19.2 Å². The highest BCUT2D eigenvalue weighted by Crippen LogP contribution is 2.33. The third-order valence-corrected chi connectivity index (χ3v) is 6.89. The van der Waals surface area contributed by atoms with Crippen LogP contribution in [0.3, 0.4) is 0 Å². The Balaban J connectivity index is 1.39. The van der Waals surface area contributed by atoms with E-state index in [4.69, 9.17) is 0 Å². The molecular weight excluding hydrogens is 470 g/mol. The van der Waals surface area contributed by atoms with E-state index >= 15 is 0 Å². The van der Waals surface area contributed by atoms with Crippen molar-refractivity contribution in [2.24, 2.45) is 5.92 Å². The van der Waals surface area contributed by atoms with Gasteiger partial charge in [-0.1, -0.05) is 31.4 Å². The zero-order valence-electron chi connectivity index (χ0n) is 20.6. The minimum absolute atomic E-state index is 0.0804. The van der Waals surface area contributed by atoms with Gasteiger partial charge in [-0.15, -0.1) is 0 Å². The highest BCUT2D eigenvalue weighted by Gasteiger charge is 2.26. The number of benzene rings is 2. The number of aromatic nitrogens is 2. The van der Waals surface area contributed by atoms with E-state index in [2.05, 4.69) is 23.5 Å². The Morgan fingerprint density at radius 1 is 1.22 bits per heavy atom. The van der Waals surface area contributed by atoms with Gasteiger partial charge in [0, 0.05) is 31.4 Å². The van der Waals surface area contributed by atoms with Crippen molar-refractivity contribution in [1.29, 1.82) is 0 Å². The molecule has 3 aromatic rings. The molecular formula is C28H27N5O4. The Morgan fingerprint density at radius 2 is 2.00 bits per heavy atom. The molecule has 0 saturated heterocycles. The molecule has 2 aliphatic rings. The molecule has 1 N–H and O–H groups in total. The molecule has 0 unspecified atom stereocenters. The fourth-order valence-corrected chi connectivity index (χ4v) is 4.66. The van der Waals surface area contributed by atoms with Crippen LogP contribution in [0.4, 0.5) is 5.69 Å². The molecule has 1 fully saturated rings. The van der Waals surface area contributed by atoms with Crippen LogP contribution in [0.1, 0.15) is 18.4 Å². The average Bonchev–Trinajstić information content (AvgIpc) is 3.62. The van der Waals surface area contributed by atoms with Gasteiger partial charge in [0.05, 0.1) is 16.6 Å². The van der Waals surface area contributed by atoms with Crippen LogP contribution >= 0.6 is 0 Å². The lowest BCUT2D eigenvalue weighted by atomic mass is 9.99. The van der Waals surface area contributed by atoms with E-state index in [1.54, 1.807) is 24.1 Å². The predicted molar refractivity (Wildman–Crippen MR) is 142 cm³/mol.